The number of carbonyl (C=O) groups is 1. The highest BCUT2D eigenvalue weighted by molar-refractivity contribution is 7.89. The quantitative estimate of drug-likeness (QED) is 0.586. The minimum absolute atomic E-state index is 0.0384. The Kier molecular flexibility index (Phi) is 5.34. The number of rotatable bonds is 5. The summed E-state index contributed by atoms with van der Waals surface area (Å²) >= 11 is 0. The van der Waals surface area contributed by atoms with Gasteiger partial charge < -0.3 is 9.64 Å². The molecule has 0 bridgehead atoms. The van der Waals surface area contributed by atoms with Crippen LogP contribution in [0.2, 0.25) is 0 Å². The van der Waals surface area contributed by atoms with Gasteiger partial charge in [0.1, 0.15) is 10.6 Å². The van der Waals surface area contributed by atoms with Crippen LogP contribution in [0.15, 0.2) is 47.5 Å². The van der Waals surface area contributed by atoms with Gasteiger partial charge in [-0.2, -0.15) is 4.31 Å². The molecule has 168 valence electrons. The fourth-order valence-corrected chi connectivity index (χ4v) is 6.31. The highest BCUT2D eigenvalue weighted by Crippen LogP contribution is 2.34. The third kappa shape index (κ3) is 3.43. The zero-order chi connectivity index (χ0) is 22.3. The summed E-state index contributed by atoms with van der Waals surface area (Å²) in [5.41, 5.74) is 1.05. The second-order valence-electron chi connectivity index (χ2n) is 8.12. The van der Waals surface area contributed by atoms with E-state index in [1.54, 1.807) is 17.0 Å². The van der Waals surface area contributed by atoms with Crippen molar-refractivity contribution in [2.24, 2.45) is 0 Å². The molecule has 2 aliphatic rings. The van der Waals surface area contributed by atoms with Gasteiger partial charge in [-0.05, 0) is 56.0 Å². The van der Waals surface area contributed by atoms with Crippen LogP contribution in [0, 0.1) is 0 Å². The Morgan fingerprint density at radius 1 is 1.06 bits per heavy atom. The molecule has 0 spiro atoms. The van der Waals surface area contributed by atoms with Crippen molar-refractivity contribution in [3.05, 3.63) is 54.0 Å². The van der Waals surface area contributed by atoms with Crippen LogP contribution in [-0.4, -0.2) is 64.9 Å². The third-order valence-corrected chi connectivity index (χ3v) is 8.17. The van der Waals surface area contributed by atoms with E-state index < -0.39 is 10.0 Å². The molecule has 10 heteroatoms. The normalized spacial score (nSPS) is 19.7. The lowest BCUT2D eigenvalue weighted by molar-refractivity contribution is 0.0729. The van der Waals surface area contributed by atoms with Crippen molar-refractivity contribution in [1.29, 1.82) is 0 Å². The largest absolute Gasteiger partial charge is 0.495 e. The molecule has 3 aromatic rings. The van der Waals surface area contributed by atoms with Crippen LogP contribution in [0.4, 0.5) is 0 Å². The third-order valence-electron chi connectivity index (χ3n) is 6.25. The van der Waals surface area contributed by atoms with Crippen molar-refractivity contribution in [3.8, 4) is 5.75 Å². The number of amides is 1. The molecule has 9 nitrogen and oxygen atoms in total. The average Bonchev–Trinajstić information content (AvgIpc) is 3.58. The van der Waals surface area contributed by atoms with Crippen LogP contribution < -0.4 is 4.74 Å². The van der Waals surface area contributed by atoms with Crippen molar-refractivity contribution >= 4 is 21.6 Å². The molecule has 0 unspecified atom stereocenters. The molecule has 0 radical (unpaired) electrons. The van der Waals surface area contributed by atoms with Crippen molar-refractivity contribution in [2.75, 3.05) is 26.7 Å². The molecule has 1 aromatic carbocycles. The summed E-state index contributed by atoms with van der Waals surface area (Å²) in [6.07, 6.45) is 5.17. The van der Waals surface area contributed by atoms with Crippen LogP contribution >= 0.6 is 0 Å². The van der Waals surface area contributed by atoms with Gasteiger partial charge in [-0.25, -0.2) is 8.42 Å². The maximum absolute atomic E-state index is 13.5. The number of fused-ring (bicyclic) bond motifs is 1. The number of hydrogen-bond acceptors (Lipinski definition) is 6. The molecule has 0 saturated carbocycles. The number of benzene rings is 1. The molecule has 2 aliphatic heterocycles. The molecule has 5 rings (SSSR count). The molecule has 32 heavy (non-hydrogen) atoms. The maximum Gasteiger partial charge on any atom is 0.254 e. The number of nitrogens with zero attached hydrogens (tertiary/aromatic N) is 5. The zero-order valence-corrected chi connectivity index (χ0v) is 18.7. The van der Waals surface area contributed by atoms with Gasteiger partial charge in [-0.1, -0.05) is 6.07 Å². The van der Waals surface area contributed by atoms with Crippen LogP contribution in [0.25, 0.3) is 5.65 Å². The average molecular weight is 456 g/mol. The second kappa shape index (κ2) is 8.18. The number of likely N-dealkylation sites (tertiary alicyclic amines) is 1. The molecule has 2 aromatic heterocycles. The molecule has 2 fully saturated rings. The standard InChI is InChI=1S/C22H25N5O4S/c1-31-18-10-9-16(15-19(18)32(29,30)25-11-4-5-12-25)22(28)26-14-6-7-17(26)21-24-23-20-8-2-3-13-27(20)21/h2-3,8-10,13,15,17H,4-7,11-12,14H2,1H3/t17-/m1/s1. The summed E-state index contributed by atoms with van der Waals surface area (Å²) in [5.74, 6) is 0.737. The number of hydrogen-bond donors (Lipinski definition) is 0. The van der Waals surface area contributed by atoms with E-state index in [1.807, 2.05) is 28.8 Å². The highest BCUT2D eigenvalue weighted by atomic mass is 32.2. The first-order valence-electron chi connectivity index (χ1n) is 10.8. The molecule has 2 saturated heterocycles. The van der Waals surface area contributed by atoms with Crippen molar-refractivity contribution in [3.63, 3.8) is 0 Å². The summed E-state index contributed by atoms with van der Waals surface area (Å²) in [5, 5.41) is 8.55. The Balaban J connectivity index is 1.50. The summed E-state index contributed by atoms with van der Waals surface area (Å²) in [6.45, 7) is 1.54. The topological polar surface area (TPSA) is 97.1 Å². The van der Waals surface area contributed by atoms with Gasteiger partial charge in [0, 0.05) is 31.4 Å². The first kappa shape index (κ1) is 20.9. The van der Waals surface area contributed by atoms with Crippen molar-refractivity contribution in [2.45, 2.75) is 36.6 Å². The number of sulfonamides is 1. The Hall–Kier alpha value is -2.98. The van der Waals surface area contributed by atoms with Gasteiger partial charge in [-0.15, -0.1) is 10.2 Å². The van der Waals surface area contributed by atoms with E-state index in [2.05, 4.69) is 10.2 Å². The lowest BCUT2D eigenvalue weighted by Gasteiger charge is -2.24. The number of methoxy groups -OCH3 is 1. The van der Waals surface area contributed by atoms with Gasteiger partial charge in [0.25, 0.3) is 5.91 Å². The lowest BCUT2D eigenvalue weighted by Crippen LogP contribution is -2.32. The van der Waals surface area contributed by atoms with E-state index >= 15 is 0 Å². The van der Waals surface area contributed by atoms with Crippen LogP contribution in [0.3, 0.4) is 0 Å². The fraction of sp³-hybridized carbons (Fsp3) is 0.409. The first-order valence-corrected chi connectivity index (χ1v) is 12.2. The molecule has 4 heterocycles. The molecular weight excluding hydrogens is 430 g/mol. The number of pyridine rings is 1. The van der Waals surface area contributed by atoms with E-state index in [0.717, 1.165) is 31.3 Å². The second-order valence-corrected chi connectivity index (χ2v) is 10.0. The predicted molar refractivity (Wildman–Crippen MR) is 117 cm³/mol. The molecule has 0 aliphatic carbocycles. The Bertz CT molecular complexity index is 1270. The zero-order valence-electron chi connectivity index (χ0n) is 17.8. The Morgan fingerprint density at radius 3 is 2.66 bits per heavy atom. The van der Waals surface area contributed by atoms with Gasteiger partial charge in [-0.3, -0.25) is 9.20 Å². The monoisotopic (exact) mass is 455 g/mol. The van der Waals surface area contributed by atoms with E-state index in [1.165, 1.54) is 17.5 Å². The van der Waals surface area contributed by atoms with Gasteiger partial charge in [0.15, 0.2) is 11.5 Å². The first-order chi connectivity index (χ1) is 15.5. The molecule has 1 amide bonds. The Labute approximate surface area is 186 Å². The minimum atomic E-state index is -3.74. The number of carbonyl (C=O) groups excluding carboxylic acids is 1. The van der Waals surface area contributed by atoms with Gasteiger partial charge in [0.05, 0.1) is 13.2 Å². The van der Waals surface area contributed by atoms with Crippen LogP contribution in [0.1, 0.15) is 47.9 Å². The van der Waals surface area contributed by atoms with E-state index in [0.29, 0.717) is 31.0 Å². The van der Waals surface area contributed by atoms with E-state index in [4.69, 9.17) is 4.74 Å². The highest BCUT2D eigenvalue weighted by Gasteiger charge is 2.35. The summed E-state index contributed by atoms with van der Waals surface area (Å²) in [4.78, 5) is 15.3. The van der Waals surface area contributed by atoms with Gasteiger partial charge >= 0.3 is 0 Å². The minimum Gasteiger partial charge on any atom is -0.495 e. The molecule has 1 atom stereocenters. The van der Waals surface area contributed by atoms with E-state index in [9.17, 15) is 13.2 Å². The smallest absolute Gasteiger partial charge is 0.254 e. The van der Waals surface area contributed by atoms with Crippen LogP contribution in [0.5, 0.6) is 5.75 Å². The lowest BCUT2D eigenvalue weighted by atomic mass is 10.1. The van der Waals surface area contributed by atoms with Crippen LogP contribution in [-0.2, 0) is 10.0 Å². The molecule has 0 N–H and O–H groups in total. The number of aromatic nitrogens is 3. The maximum atomic E-state index is 13.5. The predicted octanol–water partition coefficient (Wildman–Crippen LogP) is 2.50. The summed E-state index contributed by atoms with van der Waals surface area (Å²) < 4.78 is 35.1. The van der Waals surface area contributed by atoms with Crippen molar-refractivity contribution in [1.82, 2.24) is 23.8 Å². The van der Waals surface area contributed by atoms with E-state index in [-0.39, 0.29) is 22.6 Å². The summed E-state index contributed by atoms with van der Waals surface area (Å²) in [6, 6.07) is 10.1. The van der Waals surface area contributed by atoms with Crippen molar-refractivity contribution < 1.29 is 17.9 Å². The van der Waals surface area contributed by atoms with Gasteiger partial charge in [0.2, 0.25) is 10.0 Å². The fourth-order valence-electron chi connectivity index (χ4n) is 4.61. The summed E-state index contributed by atoms with van der Waals surface area (Å²) in [7, 11) is -2.30. The Morgan fingerprint density at radius 2 is 1.88 bits per heavy atom. The molecular formula is C22H25N5O4S. The number of ether oxygens (including phenoxy) is 1. The SMILES string of the molecule is COc1ccc(C(=O)N2CCC[C@@H]2c2nnc3ccccn23)cc1S(=O)(=O)N1CCCC1.